The van der Waals surface area contributed by atoms with E-state index >= 15 is 0 Å². The quantitative estimate of drug-likeness (QED) is 0.284. The number of benzene rings is 1. The lowest BCUT2D eigenvalue weighted by Gasteiger charge is -2.32. The second kappa shape index (κ2) is 13.6. The van der Waals surface area contributed by atoms with Gasteiger partial charge in [-0.3, -0.25) is 19.2 Å². The Morgan fingerprint density at radius 1 is 1.10 bits per heavy atom. The van der Waals surface area contributed by atoms with Crippen molar-refractivity contribution in [1.29, 1.82) is 0 Å². The summed E-state index contributed by atoms with van der Waals surface area (Å²) in [5.74, 6) is -2.57. The summed E-state index contributed by atoms with van der Waals surface area (Å²) in [6, 6.07) is 5.23. The third kappa shape index (κ3) is 7.92. The molecule has 1 saturated heterocycles. The maximum absolute atomic E-state index is 14.0. The molecule has 3 N–H and O–H groups in total. The first kappa shape index (κ1) is 30.8. The van der Waals surface area contributed by atoms with Crippen molar-refractivity contribution in [2.75, 3.05) is 13.1 Å². The summed E-state index contributed by atoms with van der Waals surface area (Å²) in [5.41, 5.74) is 1.51. The van der Waals surface area contributed by atoms with Gasteiger partial charge in [0.2, 0.25) is 17.6 Å². The lowest BCUT2D eigenvalue weighted by molar-refractivity contribution is -0.143. The zero-order chi connectivity index (χ0) is 29.4. The number of ether oxygens (including phenoxy) is 1. The molecule has 1 heterocycles. The van der Waals surface area contributed by atoms with Crippen molar-refractivity contribution >= 4 is 29.6 Å². The van der Waals surface area contributed by atoms with Crippen LogP contribution in [0.4, 0.5) is 4.79 Å². The summed E-state index contributed by atoms with van der Waals surface area (Å²) >= 11 is 0. The highest BCUT2D eigenvalue weighted by Crippen LogP contribution is 2.31. The number of Topliss-reactive ketones (excluding diaryl/α,β-unsaturated/α-hetero) is 1. The molecule has 3 atom stereocenters. The number of hydrogen-bond donors (Lipinski definition) is 3. The Bertz CT molecular complexity index is 1100. The number of alkyl carbamates (subject to hydrolysis) is 1. The normalized spacial score (nSPS) is 18.3. The summed E-state index contributed by atoms with van der Waals surface area (Å²) in [7, 11) is 0. The minimum Gasteiger partial charge on any atom is -0.444 e. The molecule has 10 heteroatoms. The van der Waals surface area contributed by atoms with Crippen LogP contribution < -0.4 is 16.0 Å². The molecule has 1 aliphatic heterocycles. The number of fused-ring (bicyclic) bond motifs is 1. The van der Waals surface area contributed by atoms with Crippen LogP contribution >= 0.6 is 0 Å². The van der Waals surface area contributed by atoms with E-state index in [-0.39, 0.29) is 24.8 Å². The van der Waals surface area contributed by atoms with E-state index in [2.05, 4.69) is 22.5 Å². The van der Waals surface area contributed by atoms with Gasteiger partial charge >= 0.3 is 6.09 Å². The molecule has 3 rings (SSSR count). The van der Waals surface area contributed by atoms with Crippen molar-refractivity contribution in [2.24, 2.45) is 5.92 Å². The average Bonchev–Trinajstić information content (AvgIpc) is 3.55. The molecule has 4 amide bonds. The standard InChI is InChI=1S/C30H42N4O6/c1-6-11-22(25(35)27(37)31-15-7-2)32-26(36)23-14-10-16-34(23)28(38)24(33-29(39)40-30(3,4)5)21-17-19-12-8-9-13-20(19)18-21/h7-9,12-13,21-24H,2,6,10-11,14-18H2,1,3-5H3,(H,31,37)(H,32,36)(H,33,39)/t22?,23-,24-/m0/s1. The maximum atomic E-state index is 14.0. The minimum absolute atomic E-state index is 0.138. The zero-order valence-corrected chi connectivity index (χ0v) is 24.0. The molecule has 0 bridgehead atoms. The van der Waals surface area contributed by atoms with Crippen LogP contribution in [0.15, 0.2) is 36.9 Å². The number of rotatable bonds is 11. The molecule has 1 unspecified atom stereocenters. The van der Waals surface area contributed by atoms with Gasteiger partial charge in [-0.15, -0.1) is 6.58 Å². The fraction of sp³-hybridized carbons (Fsp3) is 0.567. The van der Waals surface area contributed by atoms with Crippen LogP contribution in [0.3, 0.4) is 0 Å². The number of carbonyl (C=O) groups excluding carboxylic acids is 5. The van der Waals surface area contributed by atoms with Crippen molar-refractivity contribution in [3.05, 3.63) is 48.0 Å². The van der Waals surface area contributed by atoms with Gasteiger partial charge in [0, 0.05) is 13.1 Å². The van der Waals surface area contributed by atoms with Gasteiger partial charge in [-0.25, -0.2) is 4.79 Å². The molecule has 0 saturated carbocycles. The molecule has 10 nitrogen and oxygen atoms in total. The summed E-state index contributed by atoms with van der Waals surface area (Å²) < 4.78 is 5.47. The summed E-state index contributed by atoms with van der Waals surface area (Å²) in [6.07, 6.45) is 3.86. The smallest absolute Gasteiger partial charge is 0.408 e. The molecule has 0 radical (unpaired) electrons. The number of nitrogens with zero attached hydrogens (tertiary/aromatic N) is 1. The minimum atomic E-state index is -1.00. The Kier molecular flexibility index (Phi) is 10.5. The van der Waals surface area contributed by atoms with Crippen molar-refractivity contribution in [3.63, 3.8) is 0 Å². The van der Waals surface area contributed by atoms with Gasteiger partial charge in [-0.05, 0) is 69.9 Å². The third-order valence-corrected chi connectivity index (χ3v) is 7.17. The van der Waals surface area contributed by atoms with Crippen LogP contribution in [-0.2, 0) is 36.8 Å². The average molecular weight is 555 g/mol. The topological polar surface area (TPSA) is 134 Å². The van der Waals surface area contributed by atoms with E-state index in [1.54, 1.807) is 20.8 Å². The van der Waals surface area contributed by atoms with Crippen LogP contribution in [0, 0.1) is 5.92 Å². The van der Waals surface area contributed by atoms with Crippen molar-refractivity contribution in [1.82, 2.24) is 20.9 Å². The van der Waals surface area contributed by atoms with Gasteiger partial charge in [0.25, 0.3) is 5.91 Å². The molecule has 218 valence electrons. The van der Waals surface area contributed by atoms with E-state index < -0.39 is 47.4 Å². The third-order valence-electron chi connectivity index (χ3n) is 7.17. The first-order chi connectivity index (χ1) is 18.9. The summed E-state index contributed by atoms with van der Waals surface area (Å²) in [6.45, 7) is 11.1. The Morgan fingerprint density at radius 3 is 2.33 bits per heavy atom. The summed E-state index contributed by atoms with van der Waals surface area (Å²) in [4.78, 5) is 66.7. The lowest BCUT2D eigenvalue weighted by atomic mass is 9.95. The van der Waals surface area contributed by atoms with E-state index in [1.165, 1.54) is 11.0 Å². The lowest BCUT2D eigenvalue weighted by Crippen LogP contribution is -2.58. The van der Waals surface area contributed by atoms with Crippen molar-refractivity contribution < 1.29 is 28.7 Å². The number of likely N-dealkylation sites (tertiary alicyclic amines) is 1. The van der Waals surface area contributed by atoms with E-state index in [4.69, 9.17) is 4.74 Å². The zero-order valence-electron chi connectivity index (χ0n) is 24.0. The van der Waals surface area contributed by atoms with E-state index in [0.717, 1.165) is 11.1 Å². The Hall–Kier alpha value is -3.69. The number of ketones is 1. The van der Waals surface area contributed by atoms with Gasteiger partial charge in [0.1, 0.15) is 17.7 Å². The number of amides is 4. The van der Waals surface area contributed by atoms with E-state index in [9.17, 15) is 24.0 Å². The molecule has 1 fully saturated rings. The second-order valence-electron chi connectivity index (χ2n) is 11.5. The van der Waals surface area contributed by atoms with Crippen LogP contribution in [-0.4, -0.2) is 71.3 Å². The maximum Gasteiger partial charge on any atom is 0.408 e. The predicted molar refractivity (Wildman–Crippen MR) is 150 cm³/mol. The van der Waals surface area contributed by atoms with Gasteiger partial charge in [0.05, 0.1) is 6.04 Å². The highest BCUT2D eigenvalue weighted by molar-refractivity contribution is 6.38. The van der Waals surface area contributed by atoms with Crippen LogP contribution in [0.1, 0.15) is 64.5 Å². The summed E-state index contributed by atoms with van der Waals surface area (Å²) in [5, 5.41) is 7.97. The van der Waals surface area contributed by atoms with Gasteiger partial charge in [0.15, 0.2) is 0 Å². The van der Waals surface area contributed by atoms with Crippen LogP contribution in [0.25, 0.3) is 0 Å². The Labute approximate surface area is 236 Å². The molecule has 1 aromatic carbocycles. The molecule has 40 heavy (non-hydrogen) atoms. The second-order valence-corrected chi connectivity index (χ2v) is 11.5. The molecule has 2 aliphatic rings. The largest absolute Gasteiger partial charge is 0.444 e. The molecular weight excluding hydrogens is 512 g/mol. The van der Waals surface area contributed by atoms with Crippen molar-refractivity contribution in [2.45, 2.75) is 89.9 Å². The van der Waals surface area contributed by atoms with Crippen LogP contribution in [0.2, 0.25) is 0 Å². The van der Waals surface area contributed by atoms with Crippen molar-refractivity contribution in [3.8, 4) is 0 Å². The Morgan fingerprint density at radius 2 is 1.75 bits per heavy atom. The highest BCUT2D eigenvalue weighted by atomic mass is 16.6. The number of nitrogens with one attached hydrogen (secondary N) is 3. The van der Waals surface area contributed by atoms with Gasteiger partial charge in [-0.1, -0.05) is 43.7 Å². The Balaban J connectivity index is 1.78. The monoisotopic (exact) mass is 554 g/mol. The molecular formula is C30H42N4O6. The first-order valence-electron chi connectivity index (χ1n) is 14.0. The molecule has 0 aromatic heterocycles. The highest BCUT2D eigenvalue weighted by Gasteiger charge is 2.43. The molecule has 1 aromatic rings. The van der Waals surface area contributed by atoms with E-state index in [1.807, 2.05) is 31.2 Å². The number of carbonyl (C=O) groups is 5. The van der Waals surface area contributed by atoms with E-state index in [0.29, 0.717) is 38.6 Å². The van der Waals surface area contributed by atoms with Gasteiger partial charge < -0.3 is 25.6 Å². The molecule has 0 spiro atoms. The first-order valence-corrected chi connectivity index (χ1v) is 14.0. The molecule has 1 aliphatic carbocycles. The number of hydrogen-bond acceptors (Lipinski definition) is 6. The van der Waals surface area contributed by atoms with Gasteiger partial charge in [-0.2, -0.15) is 0 Å². The fourth-order valence-electron chi connectivity index (χ4n) is 5.36. The predicted octanol–water partition coefficient (Wildman–Crippen LogP) is 2.44. The fourth-order valence-corrected chi connectivity index (χ4v) is 5.36. The van der Waals surface area contributed by atoms with Crippen LogP contribution in [0.5, 0.6) is 0 Å². The SMILES string of the molecule is C=CCNC(=O)C(=O)C(CCC)NC(=O)[C@@H]1CCCN1C(=O)[C@@H](NC(=O)OC(C)(C)C)C1Cc2ccccc2C1.